The van der Waals surface area contributed by atoms with Crippen LogP contribution >= 0.6 is 11.3 Å². The van der Waals surface area contributed by atoms with Crippen LogP contribution in [0, 0.1) is 0 Å². The maximum absolute atomic E-state index is 12.6. The Morgan fingerprint density at radius 3 is 2.50 bits per heavy atom. The molecule has 0 radical (unpaired) electrons. The van der Waals surface area contributed by atoms with Crippen LogP contribution in [-0.4, -0.2) is 26.1 Å². The number of sulfonamides is 1. The van der Waals surface area contributed by atoms with Gasteiger partial charge >= 0.3 is 0 Å². The number of aryl methyl sites for hydroxylation is 1. The SMILES string of the molecule is C[C@@H](NS(=O)(=O)CCc1cccc2ccccc12)C(=O)Nc1csc2ccccc12. The van der Waals surface area contributed by atoms with Crippen molar-refractivity contribution in [2.45, 2.75) is 19.4 Å². The molecule has 1 heterocycles. The Morgan fingerprint density at radius 1 is 0.967 bits per heavy atom. The van der Waals surface area contributed by atoms with Crippen LogP contribution in [0.3, 0.4) is 0 Å². The van der Waals surface area contributed by atoms with Crippen LogP contribution < -0.4 is 10.0 Å². The molecule has 0 aliphatic heterocycles. The lowest BCUT2D eigenvalue weighted by Gasteiger charge is -2.14. The Bertz CT molecular complexity index is 1310. The quantitative estimate of drug-likeness (QED) is 0.445. The predicted molar refractivity (Wildman–Crippen MR) is 124 cm³/mol. The summed E-state index contributed by atoms with van der Waals surface area (Å²) in [5.41, 5.74) is 1.67. The van der Waals surface area contributed by atoms with E-state index in [1.165, 1.54) is 11.3 Å². The minimum absolute atomic E-state index is 0.0833. The number of hydrogen-bond donors (Lipinski definition) is 2. The molecule has 3 aromatic carbocycles. The molecule has 0 bridgehead atoms. The molecule has 0 unspecified atom stereocenters. The number of nitrogens with one attached hydrogen (secondary N) is 2. The van der Waals surface area contributed by atoms with E-state index >= 15 is 0 Å². The Morgan fingerprint density at radius 2 is 1.67 bits per heavy atom. The molecular formula is C23H22N2O3S2. The van der Waals surface area contributed by atoms with E-state index in [2.05, 4.69) is 10.0 Å². The summed E-state index contributed by atoms with van der Waals surface area (Å²) in [4.78, 5) is 12.5. The summed E-state index contributed by atoms with van der Waals surface area (Å²) < 4.78 is 28.7. The standard InChI is InChI=1S/C23H22N2O3S2/c1-16(23(26)24-21-15-29-22-12-5-4-11-20(21)22)25-30(27,28)14-13-18-9-6-8-17-7-2-3-10-19(17)18/h2-12,15-16,25H,13-14H2,1H3,(H,24,26)/t16-/m1/s1. The third-order valence-electron chi connectivity index (χ3n) is 5.01. The number of thiophene rings is 1. The van der Waals surface area contributed by atoms with Gasteiger partial charge in [-0.2, -0.15) is 0 Å². The first-order chi connectivity index (χ1) is 14.4. The molecule has 30 heavy (non-hydrogen) atoms. The summed E-state index contributed by atoms with van der Waals surface area (Å²) >= 11 is 1.53. The summed E-state index contributed by atoms with van der Waals surface area (Å²) in [6.07, 6.45) is 0.375. The summed E-state index contributed by atoms with van der Waals surface area (Å²) in [6.45, 7) is 1.55. The first kappa shape index (κ1) is 20.5. The zero-order valence-electron chi connectivity index (χ0n) is 16.5. The fourth-order valence-corrected chi connectivity index (χ4v) is 5.60. The largest absolute Gasteiger partial charge is 0.323 e. The number of carbonyl (C=O) groups is 1. The van der Waals surface area contributed by atoms with E-state index in [4.69, 9.17) is 0 Å². The van der Waals surface area contributed by atoms with E-state index in [1.54, 1.807) is 6.92 Å². The lowest BCUT2D eigenvalue weighted by Crippen LogP contribution is -2.42. The van der Waals surface area contributed by atoms with E-state index in [0.717, 1.165) is 26.4 Å². The Labute approximate surface area is 179 Å². The van der Waals surface area contributed by atoms with Crippen LogP contribution in [0.5, 0.6) is 0 Å². The fraction of sp³-hybridized carbons (Fsp3) is 0.174. The van der Waals surface area contributed by atoms with Crippen molar-refractivity contribution in [1.29, 1.82) is 0 Å². The molecule has 0 aliphatic carbocycles. The van der Waals surface area contributed by atoms with Gasteiger partial charge in [-0.1, -0.05) is 60.7 Å². The molecule has 1 aromatic heterocycles. The van der Waals surface area contributed by atoms with Crippen LogP contribution in [0.4, 0.5) is 5.69 Å². The molecular weight excluding hydrogens is 416 g/mol. The van der Waals surface area contributed by atoms with Crippen molar-refractivity contribution in [2.24, 2.45) is 0 Å². The summed E-state index contributed by atoms with van der Waals surface area (Å²) in [6, 6.07) is 20.7. The smallest absolute Gasteiger partial charge is 0.242 e. The van der Waals surface area contributed by atoms with Crippen molar-refractivity contribution in [3.8, 4) is 0 Å². The van der Waals surface area contributed by atoms with Crippen molar-refractivity contribution in [1.82, 2.24) is 4.72 Å². The van der Waals surface area contributed by atoms with Gasteiger partial charge in [-0.3, -0.25) is 4.79 Å². The van der Waals surface area contributed by atoms with Gasteiger partial charge in [-0.05, 0) is 35.7 Å². The van der Waals surface area contributed by atoms with E-state index in [9.17, 15) is 13.2 Å². The number of amides is 1. The van der Waals surface area contributed by atoms with Crippen molar-refractivity contribution < 1.29 is 13.2 Å². The Balaban J connectivity index is 1.40. The predicted octanol–water partition coefficient (Wildman–Crippen LogP) is 4.54. The number of fused-ring (bicyclic) bond motifs is 2. The maximum Gasteiger partial charge on any atom is 0.242 e. The Kier molecular flexibility index (Phi) is 5.85. The molecule has 2 N–H and O–H groups in total. The molecule has 0 saturated heterocycles. The molecule has 4 rings (SSSR count). The second-order valence-electron chi connectivity index (χ2n) is 7.18. The molecule has 1 atom stereocenters. The van der Waals surface area contributed by atoms with Crippen LogP contribution in [-0.2, 0) is 21.2 Å². The van der Waals surface area contributed by atoms with Gasteiger partial charge in [0.1, 0.15) is 0 Å². The third-order valence-corrected chi connectivity index (χ3v) is 7.43. The van der Waals surface area contributed by atoms with Crippen molar-refractivity contribution in [3.63, 3.8) is 0 Å². The van der Waals surface area contributed by atoms with E-state index in [-0.39, 0.29) is 11.7 Å². The number of rotatable bonds is 7. The second kappa shape index (κ2) is 8.55. The number of carbonyl (C=O) groups excluding carboxylic acids is 1. The van der Waals surface area contributed by atoms with Gasteiger partial charge < -0.3 is 5.32 Å². The maximum atomic E-state index is 12.6. The average molecular weight is 439 g/mol. The second-order valence-corrected chi connectivity index (χ2v) is 9.97. The van der Waals surface area contributed by atoms with Gasteiger partial charge in [0.05, 0.1) is 17.5 Å². The van der Waals surface area contributed by atoms with Gasteiger partial charge in [-0.25, -0.2) is 13.1 Å². The summed E-state index contributed by atoms with van der Waals surface area (Å²) in [5, 5.41) is 7.77. The first-order valence-corrected chi connectivity index (χ1v) is 12.2. The highest BCUT2D eigenvalue weighted by Crippen LogP contribution is 2.29. The zero-order chi connectivity index (χ0) is 21.1. The normalized spacial score (nSPS) is 12.8. The van der Waals surface area contributed by atoms with Gasteiger partial charge in [0.2, 0.25) is 15.9 Å². The lowest BCUT2D eigenvalue weighted by molar-refractivity contribution is -0.117. The lowest BCUT2D eigenvalue weighted by atomic mass is 10.0. The molecule has 0 saturated carbocycles. The topological polar surface area (TPSA) is 75.3 Å². The minimum Gasteiger partial charge on any atom is -0.323 e. The van der Waals surface area contributed by atoms with E-state index in [0.29, 0.717) is 12.1 Å². The molecule has 4 aromatic rings. The first-order valence-electron chi connectivity index (χ1n) is 9.67. The van der Waals surface area contributed by atoms with Crippen LogP contribution in [0.2, 0.25) is 0 Å². The monoisotopic (exact) mass is 438 g/mol. The molecule has 1 amide bonds. The zero-order valence-corrected chi connectivity index (χ0v) is 18.1. The number of anilines is 1. The van der Waals surface area contributed by atoms with Crippen molar-refractivity contribution >= 4 is 53.8 Å². The highest BCUT2D eigenvalue weighted by molar-refractivity contribution is 7.89. The third kappa shape index (κ3) is 4.53. The molecule has 0 spiro atoms. The highest BCUT2D eigenvalue weighted by Gasteiger charge is 2.21. The van der Waals surface area contributed by atoms with Gasteiger partial charge in [0, 0.05) is 15.5 Å². The average Bonchev–Trinajstić information content (AvgIpc) is 3.15. The molecule has 0 fully saturated rings. The Hall–Kier alpha value is -2.74. The van der Waals surface area contributed by atoms with Gasteiger partial charge in [-0.15, -0.1) is 11.3 Å². The fourth-order valence-electron chi connectivity index (χ4n) is 3.45. The van der Waals surface area contributed by atoms with E-state index in [1.807, 2.05) is 72.1 Å². The highest BCUT2D eigenvalue weighted by atomic mass is 32.2. The van der Waals surface area contributed by atoms with Crippen molar-refractivity contribution in [3.05, 3.63) is 77.7 Å². The molecule has 7 heteroatoms. The van der Waals surface area contributed by atoms with Crippen molar-refractivity contribution in [2.75, 3.05) is 11.1 Å². The summed E-state index contributed by atoms with van der Waals surface area (Å²) in [5.74, 6) is -0.465. The van der Waals surface area contributed by atoms with E-state index < -0.39 is 16.1 Å². The number of benzene rings is 3. The minimum atomic E-state index is -3.62. The van der Waals surface area contributed by atoms with Gasteiger partial charge in [0.15, 0.2) is 0 Å². The number of hydrogen-bond acceptors (Lipinski definition) is 4. The molecule has 5 nitrogen and oxygen atoms in total. The van der Waals surface area contributed by atoms with Crippen LogP contribution in [0.15, 0.2) is 72.1 Å². The summed E-state index contributed by atoms with van der Waals surface area (Å²) in [7, 11) is -3.62. The van der Waals surface area contributed by atoms with Crippen LogP contribution in [0.25, 0.3) is 20.9 Å². The molecule has 154 valence electrons. The van der Waals surface area contributed by atoms with Gasteiger partial charge in [0.25, 0.3) is 0 Å². The molecule has 0 aliphatic rings. The van der Waals surface area contributed by atoms with Crippen LogP contribution in [0.1, 0.15) is 12.5 Å².